The third kappa shape index (κ3) is 3.86. The van der Waals surface area contributed by atoms with Crippen LogP contribution in [0.3, 0.4) is 0 Å². The molecule has 1 aliphatic carbocycles. The summed E-state index contributed by atoms with van der Waals surface area (Å²) in [7, 11) is 0. The second kappa shape index (κ2) is 6.62. The molecule has 0 aromatic carbocycles. The SMILES string of the molecule is O=C(c1cnc(NCCC2CC2)c(Cl)c1)N1CCOCC1. The monoisotopic (exact) mass is 309 g/mol. The largest absolute Gasteiger partial charge is 0.378 e. The predicted molar refractivity (Wildman–Crippen MR) is 81.8 cm³/mol. The standard InChI is InChI=1S/C15H20ClN3O2/c16-13-9-12(15(20)19-5-7-21-8-6-19)10-18-14(13)17-4-3-11-1-2-11/h9-11H,1-8H2,(H,17,18). The summed E-state index contributed by atoms with van der Waals surface area (Å²) in [6.45, 7) is 3.31. The predicted octanol–water partition coefficient (Wildman–Crippen LogP) is 2.42. The first kappa shape index (κ1) is 14.6. The van der Waals surface area contributed by atoms with Crippen LogP contribution in [0, 0.1) is 5.92 Å². The van der Waals surface area contributed by atoms with Gasteiger partial charge in [0.05, 0.1) is 23.8 Å². The molecule has 21 heavy (non-hydrogen) atoms. The van der Waals surface area contributed by atoms with Crippen molar-refractivity contribution in [1.82, 2.24) is 9.88 Å². The highest BCUT2D eigenvalue weighted by molar-refractivity contribution is 6.33. The zero-order chi connectivity index (χ0) is 14.7. The van der Waals surface area contributed by atoms with Crippen molar-refractivity contribution >= 4 is 23.3 Å². The van der Waals surface area contributed by atoms with E-state index in [2.05, 4.69) is 10.3 Å². The van der Waals surface area contributed by atoms with Crippen LogP contribution in [0.1, 0.15) is 29.6 Å². The first-order valence-electron chi connectivity index (χ1n) is 7.50. The number of pyridine rings is 1. The fourth-order valence-corrected chi connectivity index (χ4v) is 2.67. The van der Waals surface area contributed by atoms with Crippen LogP contribution in [-0.2, 0) is 4.74 Å². The van der Waals surface area contributed by atoms with Crippen molar-refractivity contribution in [1.29, 1.82) is 0 Å². The molecule has 1 saturated heterocycles. The second-order valence-corrected chi connectivity index (χ2v) is 6.03. The van der Waals surface area contributed by atoms with Gasteiger partial charge >= 0.3 is 0 Å². The molecule has 3 rings (SSSR count). The summed E-state index contributed by atoms with van der Waals surface area (Å²) in [5, 5.41) is 3.75. The number of aromatic nitrogens is 1. The van der Waals surface area contributed by atoms with Crippen LogP contribution in [0.15, 0.2) is 12.3 Å². The second-order valence-electron chi connectivity index (χ2n) is 5.62. The van der Waals surface area contributed by atoms with Gasteiger partial charge in [-0.15, -0.1) is 0 Å². The van der Waals surface area contributed by atoms with Gasteiger partial charge in [-0.2, -0.15) is 0 Å². The first-order valence-corrected chi connectivity index (χ1v) is 7.88. The van der Waals surface area contributed by atoms with Gasteiger partial charge in [0.1, 0.15) is 5.82 Å². The molecule has 1 N–H and O–H groups in total. The van der Waals surface area contributed by atoms with Crippen LogP contribution < -0.4 is 5.32 Å². The molecule has 0 bridgehead atoms. The van der Waals surface area contributed by atoms with E-state index in [9.17, 15) is 4.79 Å². The van der Waals surface area contributed by atoms with Gasteiger partial charge in [0.25, 0.3) is 5.91 Å². The van der Waals surface area contributed by atoms with Gasteiger partial charge in [-0.25, -0.2) is 4.98 Å². The average molecular weight is 310 g/mol. The number of hydrogen-bond acceptors (Lipinski definition) is 4. The number of ether oxygens (including phenoxy) is 1. The Morgan fingerprint density at radius 3 is 2.86 bits per heavy atom. The summed E-state index contributed by atoms with van der Waals surface area (Å²) in [4.78, 5) is 18.4. The zero-order valence-corrected chi connectivity index (χ0v) is 12.7. The minimum atomic E-state index is -0.0303. The van der Waals surface area contributed by atoms with Crippen LogP contribution in [0.25, 0.3) is 0 Å². The van der Waals surface area contributed by atoms with E-state index in [1.54, 1.807) is 17.2 Å². The number of carbonyl (C=O) groups excluding carboxylic acids is 1. The van der Waals surface area contributed by atoms with E-state index in [0.717, 1.165) is 18.9 Å². The van der Waals surface area contributed by atoms with Gasteiger partial charge in [0, 0.05) is 25.8 Å². The lowest BCUT2D eigenvalue weighted by Gasteiger charge is -2.26. The van der Waals surface area contributed by atoms with Gasteiger partial charge < -0.3 is 15.0 Å². The van der Waals surface area contributed by atoms with E-state index in [4.69, 9.17) is 16.3 Å². The molecule has 6 heteroatoms. The van der Waals surface area contributed by atoms with Crippen molar-refractivity contribution in [2.24, 2.45) is 5.92 Å². The highest BCUT2D eigenvalue weighted by Crippen LogP contribution is 2.32. The molecule has 5 nitrogen and oxygen atoms in total. The topological polar surface area (TPSA) is 54.5 Å². The Balaban J connectivity index is 1.60. The highest BCUT2D eigenvalue weighted by atomic mass is 35.5. The van der Waals surface area contributed by atoms with E-state index in [1.165, 1.54) is 12.8 Å². The van der Waals surface area contributed by atoms with Gasteiger partial charge in [-0.3, -0.25) is 4.79 Å². The lowest BCUT2D eigenvalue weighted by Crippen LogP contribution is -2.40. The maximum atomic E-state index is 12.3. The Labute approximate surface area is 129 Å². The number of rotatable bonds is 5. The van der Waals surface area contributed by atoms with E-state index in [1.807, 2.05) is 0 Å². The van der Waals surface area contributed by atoms with Gasteiger partial charge in [-0.1, -0.05) is 24.4 Å². The van der Waals surface area contributed by atoms with Crippen molar-refractivity contribution < 1.29 is 9.53 Å². The van der Waals surface area contributed by atoms with Crippen molar-refractivity contribution in [3.63, 3.8) is 0 Å². The fraction of sp³-hybridized carbons (Fsp3) is 0.600. The van der Waals surface area contributed by atoms with Crippen LogP contribution in [0.2, 0.25) is 5.02 Å². The van der Waals surface area contributed by atoms with Crippen molar-refractivity contribution in [3.8, 4) is 0 Å². The molecule has 1 aliphatic heterocycles. The lowest BCUT2D eigenvalue weighted by atomic mass is 10.2. The van der Waals surface area contributed by atoms with Gasteiger partial charge in [-0.05, 0) is 18.4 Å². The summed E-state index contributed by atoms with van der Waals surface area (Å²) in [5.41, 5.74) is 0.537. The molecule has 0 unspecified atom stereocenters. The zero-order valence-electron chi connectivity index (χ0n) is 12.0. The number of halogens is 1. The maximum absolute atomic E-state index is 12.3. The van der Waals surface area contributed by atoms with Crippen LogP contribution in [-0.4, -0.2) is 48.6 Å². The molecule has 2 heterocycles. The molecule has 2 aliphatic rings. The van der Waals surface area contributed by atoms with Crippen LogP contribution >= 0.6 is 11.6 Å². The minimum Gasteiger partial charge on any atom is -0.378 e. The summed E-state index contributed by atoms with van der Waals surface area (Å²) >= 11 is 6.22. The Morgan fingerprint density at radius 1 is 1.43 bits per heavy atom. The fourth-order valence-electron chi connectivity index (χ4n) is 2.44. The number of hydrogen-bond donors (Lipinski definition) is 1. The molecule has 1 saturated carbocycles. The molecule has 2 fully saturated rings. The Kier molecular flexibility index (Phi) is 4.60. The Bertz CT molecular complexity index is 514. The van der Waals surface area contributed by atoms with Crippen molar-refractivity contribution in [2.75, 3.05) is 38.2 Å². The van der Waals surface area contributed by atoms with Crippen LogP contribution in [0.4, 0.5) is 5.82 Å². The number of anilines is 1. The summed E-state index contributed by atoms with van der Waals surface area (Å²) in [6.07, 6.45) is 5.45. The van der Waals surface area contributed by atoms with E-state index < -0.39 is 0 Å². The average Bonchev–Trinajstić information content (AvgIpc) is 3.33. The van der Waals surface area contributed by atoms with E-state index >= 15 is 0 Å². The maximum Gasteiger partial charge on any atom is 0.255 e. The molecule has 0 atom stereocenters. The smallest absolute Gasteiger partial charge is 0.255 e. The van der Waals surface area contributed by atoms with Gasteiger partial charge in [0.15, 0.2) is 0 Å². The number of amides is 1. The third-order valence-electron chi connectivity index (χ3n) is 3.93. The number of morpholine rings is 1. The number of nitrogens with one attached hydrogen (secondary N) is 1. The molecule has 1 aromatic rings. The number of nitrogens with zero attached hydrogens (tertiary/aromatic N) is 2. The lowest BCUT2D eigenvalue weighted by molar-refractivity contribution is 0.0302. The van der Waals surface area contributed by atoms with E-state index in [-0.39, 0.29) is 5.91 Å². The molecule has 1 aromatic heterocycles. The summed E-state index contributed by atoms with van der Waals surface area (Å²) in [6, 6.07) is 1.70. The molecule has 114 valence electrons. The minimum absolute atomic E-state index is 0.0303. The third-order valence-corrected chi connectivity index (χ3v) is 4.22. The summed E-state index contributed by atoms with van der Waals surface area (Å²) in [5.74, 6) is 1.51. The van der Waals surface area contributed by atoms with Crippen molar-refractivity contribution in [3.05, 3.63) is 22.8 Å². The molecule has 0 spiro atoms. The highest BCUT2D eigenvalue weighted by Gasteiger charge is 2.21. The Hall–Kier alpha value is -1.33. The number of carbonyl (C=O) groups is 1. The van der Waals surface area contributed by atoms with Gasteiger partial charge in [0.2, 0.25) is 0 Å². The van der Waals surface area contributed by atoms with E-state index in [0.29, 0.717) is 42.7 Å². The van der Waals surface area contributed by atoms with Crippen LogP contribution in [0.5, 0.6) is 0 Å². The normalized spacial score (nSPS) is 18.6. The Morgan fingerprint density at radius 2 is 2.19 bits per heavy atom. The molecule has 1 amide bonds. The molecular weight excluding hydrogens is 290 g/mol. The molecular formula is C15H20ClN3O2. The molecule has 0 radical (unpaired) electrons. The van der Waals surface area contributed by atoms with Crippen molar-refractivity contribution in [2.45, 2.75) is 19.3 Å². The summed E-state index contributed by atoms with van der Waals surface area (Å²) < 4.78 is 5.25. The first-order chi connectivity index (χ1) is 10.2. The quantitative estimate of drug-likeness (QED) is 0.907.